The highest BCUT2D eigenvalue weighted by atomic mass is 79.9. The number of carbonyl (C=O) groups is 1. The Kier molecular flexibility index (Phi) is 5.85. The summed E-state index contributed by atoms with van der Waals surface area (Å²) in [5.41, 5.74) is 0.829. The van der Waals surface area contributed by atoms with Gasteiger partial charge in [0.05, 0.1) is 5.69 Å². The van der Waals surface area contributed by atoms with Crippen LogP contribution in [-0.2, 0) is 4.79 Å². The van der Waals surface area contributed by atoms with Crippen molar-refractivity contribution in [2.24, 2.45) is 5.92 Å². The quantitative estimate of drug-likeness (QED) is 0.818. The van der Waals surface area contributed by atoms with E-state index >= 15 is 0 Å². The van der Waals surface area contributed by atoms with Crippen LogP contribution in [-0.4, -0.2) is 19.0 Å². The van der Waals surface area contributed by atoms with Gasteiger partial charge in [0.15, 0.2) is 0 Å². The van der Waals surface area contributed by atoms with Crippen molar-refractivity contribution in [3.63, 3.8) is 0 Å². The summed E-state index contributed by atoms with van der Waals surface area (Å²) >= 11 is 6.84. The van der Waals surface area contributed by atoms with E-state index in [0.29, 0.717) is 12.3 Å². The van der Waals surface area contributed by atoms with Gasteiger partial charge >= 0.3 is 0 Å². The number of rotatable bonds is 4. The Morgan fingerprint density at radius 1 is 1.42 bits per heavy atom. The zero-order valence-corrected chi connectivity index (χ0v) is 13.9. The maximum atomic E-state index is 11.9. The number of benzene rings is 1. The van der Waals surface area contributed by atoms with Crippen LogP contribution in [0, 0.1) is 5.92 Å². The smallest absolute Gasteiger partial charge is 0.224 e. The molecule has 3 nitrogen and oxygen atoms in total. The average Bonchev–Trinajstić information content (AvgIpc) is 2.41. The molecule has 2 rings (SSSR count). The highest BCUT2D eigenvalue weighted by Crippen LogP contribution is 2.26. The van der Waals surface area contributed by atoms with Gasteiger partial charge in [-0.1, -0.05) is 15.9 Å². The van der Waals surface area contributed by atoms with Crippen LogP contribution in [0.15, 0.2) is 27.1 Å². The Labute approximate surface area is 130 Å². The fourth-order valence-electron chi connectivity index (χ4n) is 2.31. The summed E-state index contributed by atoms with van der Waals surface area (Å²) in [6, 6.07) is 5.75. The molecule has 1 aliphatic heterocycles. The molecule has 1 fully saturated rings. The van der Waals surface area contributed by atoms with E-state index in [1.54, 1.807) is 0 Å². The molecule has 1 saturated heterocycles. The number of hydrogen-bond acceptors (Lipinski definition) is 2. The van der Waals surface area contributed by atoms with Crippen molar-refractivity contribution >= 4 is 43.5 Å². The van der Waals surface area contributed by atoms with Gasteiger partial charge in [-0.2, -0.15) is 0 Å². The van der Waals surface area contributed by atoms with Gasteiger partial charge in [-0.25, -0.2) is 0 Å². The van der Waals surface area contributed by atoms with Crippen LogP contribution in [0.25, 0.3) is 0 Å². The largest absolute Gasteiger partial charge is 0.325 e. The first-order valence-electron chi connectivity index (χ1n) is 6.61. The average molecular weight is 390 g/mol. The summed E-state index contributed by atoms with van der Waals surface area (Å²) in [7, 11) is 0. The summed E-state index contributed by atoms with van der Waals surface area (Å²) in [6.07, 6.45) is 4.02. The number of halogens is 2. The number of nitrogens with one attached hydrogen (secondary N) is 2. The van der Waals surface area contributed by atoms with Crippen LogP contribution in [0.3, 0.4) is 0 Å². The molecule has 0 aliphatic carbocycles. The van der Waals surface area contributed by atoms with Crippen LogP contribution < -0.4 is 10.6 Å². The molecular weight excluding hydrogens is 372 g/mol. The van der Waals surface area contributed by atoms with Crippen LogP contribution in [0.1, 0.15) is 25.7 Å². The second-order valence-corrected chi connectivity index (χ2v) is 6.69. The molecule has 19 heavy (non-hydrogen) atoms. The summed E-state index contributed by atoms with van der Waals surface area (Å²) in [5, 5.41) is 6.33. The minimum atomic E-state index is 0.0913. The highest BCUT2D eigenvalue weighted by molar-refractivity contribution is 9.11. The summed E-state index contributed by atoms with van der Waals surface area (Å²) in [6.45, 7) is 2.17. The van der Waals surface area contributed by atoms with Crippen LogP contribution in [0.5, 0.6) is 0 Å². The van der Waals surface area contributed by atoms with Gasteiger partial charge in [0, 0.05) is 15.4 Å². The lowest BCUT2D eigenvalue weighted by molar-refractivity contribution is -0.116. The number of anilines is 1. The lowest BCUT2D eigenvalue weighted by Crippen LogP contribution is -2.30. The first-order valence-corrected chi connectivity index (χ1v) is 8.19. The zero-order valence-electron chi connectivity index (χ0n) is 10.7. The number of carbonyl (C=O) groups excluding carboxylic acids is 1. The van der Waals surface area contributed by atoms with Crippen LogP contribution >= 0.6 is 31.9 Å². The predicted octanol–water partition coefficient (Wildman–Crippen LogP) is 3.93. The first kappa shape index (κ1) is 15.0. The fourth-order valence-corrected chi connectivity index (χ4v) is 3.46. The van der Waals surface area contributed by atoms with Crippen molar-refractivity contribution in [3.05, 3.63) is 27.1 Å². The number of piperidine rings is 1. The second kappa shape index (κ2) is 7.41. The van der Waals surface area contributed by atoms with E-state index in [0.717, 1.165) is 34.1 Å². The Hall–Kier alpha value is -0.390. The van der Waals surface area contributed by atoms with Gasteiger partial charge in [0.2, 0.25) is 5.91 Å². The molecule has 0 radical (unpaired) electrons. The number of amides is 1. The zero-order chi connectivity index (χ0) is 13.7. The highest BCUT2D eigenvalue weighted by Gasteiger charge is 2.14. The van der Waals surface area contributed by atoms with E-state index in [2.05, 4.69) is 42.5 Å². The molecule has 0 spiro atoms. The summed E-state index contributed by atoms with van der Waals surface area (Å²) in [4.78, 5) is 11.9. The lowest BCUT2D eigenvalue weighted by Gasteiger charge is -2.22. The van der Waals surface area contributed by atoms with E-state index in [1.165, 1.54) is 12.8 Å². The normalized spacial score (nSPS) is 19.2. The third-order valence-electron chi connectivity index (χ3n) is 3.38. The third kappa shape index (κ3) is 4.89. The van der Waals surface area contributed by atoms with Gasteiger partial charge in [0.1, 0.15) is 0 Å². The molecule has 0 saturated carbocycles. The Bertz CT molecular complexity index is 445. The monoisotopic (exact) mass is 388 g/mol. The third-order valence-corrected chi connectivity index (χ3v) is 4.53. The standard InChI is InChI=1S/C14H18Br2N2O/c15-11-4-5-13(12(16)8-11)18-14(19)6-3-10-2-1-7-17-9-10/h4-5,8,10,17H,1-3,6-7,9H2,(H,18,19). The van der Waals surface area contributed by atoms with Crippen LogP contribution in [0.4, 0.5) is 5.69 Å². The maximum Gasteiger partial charge on any atom is 0.224 e. The van der Waals surface area contributed by atoms with E-state index in [4.69, 9.17) is 0 Å². The SMILES string of the molecule is O=C(CCC1CCCNC1)Nc1ccc(Br)cc1Br. The minimum absolute atomic E-state index is 0.0913. The molecule has 0 aromatic heterocycles. The van der Waals surface area contributed by atoms with Crippen molar-refractivity contribution in [3.8, 4) is 0 Å². The van der Waals surface area contributed by atoms with Gasteiger partial charge in [0.25, 0.3) is 0 Å². The molecule has 1 aromatic carbocycles. The topological polar surface area (TPSA) is 41.1 Å². The first-order chi connectivity index (χ1) is 9.15. The molecule has 1 unspecified atom stereocenters. The van der Waals surface area contributed by atoms with E-state index in [-0.39, 0.29) is 5.91 Å². The lowest BCUT2D eigenvalue weighted by atomic mass is 9.94. The van der Waals surface area contributed by atoms with Gasteiger partial charge in [-0.3, -0.25) is 4.79 Å². The molecule has 1 amide bonds. The van der Waals surface area contributed by atoms with E-state index < -0.39 is 0 Å². The minimum Gasteiger partial charge on any atom is -0.325 e. The molecule has 104 valence electrons. The molecule has 2 N–H and O–H groups in total. The predicted molar refractivity (Wildman–Crippen MR) is 85.3 cm³/mol. The molecule has 1 atom stereocenters. The van der Waals surface area contributed by atoms with E-state index in [1.807, 2.05) is 18.2 Å². The molecule has 5 heteroatoms. The van der Waals surface area contributed by atoms with Crippen molar-refractivity contribution in [2.45, 2.75) is 25.7 Å². The molecule has 1 aliphatic rings. The second-order valence-electron chi connectivity index (χ2n) is 4.92. The van der Waals surface area contributed by atoms with Crippen molar-refractivity contribution in [1.29, 1.82) is 0 Å². The number of hydrogen-bond donors (Lipinski definition) is 2. The molecule has 1 aromatic rings. The Morgan fingerprint density at radius 3 is 2.95 bits per heavy atom. The van der Waals surface area contributed by atoms with Crippen molar-refractivity contribution in [2.75, 3.05) is 18.4 Å². The van der Waals surface area contributed by atoms with Crippen molar-refractivity contribution < 1.29 is 4.79 Å². The van der Waals surface area contributed by atoms with E-state index in [9.17, 15) is 4.79 Å². The van der Waals surface area contributed by atoms with Crippen LogP contribution in [0.2, 0.25) is 0 Å². The van der Waals surface area contributed by atoms with Crippen molar-refractivity contribution in [1.82, 2.24) is 5.32 Å². The Balaban J connectivity index is 1.80. The van der Waals surface area contributed by atoms with Gasteiger partial charge in [-0.05, 0) is 72.4 Å². The maximum absolute atomic E-state index is 11.9. The Morgan fingerprint density at radius 2 is 2.26 bits per heavy atom. The molecule has 0 bridgehead atoms. The summed E-state index contributed by atoms with van der Waals surface area (Å²) < 4.78 is 1.89. The summed E-state index contributed by atoms with van der Waals surface area (Å²) in [5.74, 6) is 0.737. The molecular formula is C14H18Br2N2O. The van der Waals surface area contributed by atoms with Gasteiger partial charge in [-0.15, -0.1) is 0 Å². The molecule has 1 heterocycles. The fraction of sp³-hybridized carbons (Fsp3) is 0.500. The van der Waals surface area contributed by atoms with Gasteiger partial charge < -0.3 is 10.6 Å².